The Hall–Kier alpha value is -2.41. The van der Waals surface area contributed by atoms with Gasteiger partial charge in [-0.2, -0.15) is 0 Å². The van der Waals surface area contributed by atoms with Crippen molar-refractivity contribution in [2.45, 2.75) is 32.2 Å². The first-order valence-corrected chi connectivity index (χ1v) is 7.76. The average Bonchev–Trinajstić information content (AvgIpc) is 3.04. The van der Waals surface area contributed by atoms with Crippen LogP contribution in [0, 0.1) is 0 Å². The molecule has 0 spiro atoms. The van der Waals surface area contributed by atoms with E-state index in [4.69, 9.17) is 9.52 Å². The van der Waals surface area contributed by atoms with Crippen LogP contribution >= 0.6 is 0 Å². The first-order chi connectivity index (χ1) is 11.2. The van der Waals surface area contributed by atoms with E-state index in [-0.39, 0.29) is 18.7 Å². The van der Waals surface area contributed by atoms with Crippen LogP contribution in [0.4, 0.5) is 4.79 Å². The summed E-state index contributed by atoms with van der Waals surface area (Å²) in [6.07, 6.45) is 1.79. The standard InChI is InChI=1S/C16H22N4O3/c1-2-13(9-11-21)18-16(22)17-10-8-14-19-20-15(23-14)12-6-4-3-5-7-12/h3-7,13,21H,2,8-11H2,1H3,(H2,17,18,22). The van der Waals surface area contributed by atoms with Crippen LogP contribution in [-0.4, -0.2) is 40.5 Å². The smallest absolute Gasteiger partial charge is 0.315 e. The van der Waals surface area contributed by atoms with Gasteiger partial charge in [-0.25, -0.2) is 4.79 Å². The number of carbonyl (C=O) groups excluding carboxylic acids is 1. The molecule has 1 aromatic heterocycles. The third kappa shape index (κ3) is 5.37. The van der Waals surface area contributed by atoms with Crippen LogP contribution < -0.4 is 10.6 Å². The molecule has 0 aliphatic rings. The molecule has 7 nitrogen and oxygen atoms in total. The van der Waals surface area contributed by atoms with Gasteiger partial charge in [-0.15, -0.1) is 10.2 Å². The molecule has 0 saturated carbocycles. The minimum atomic E-state index is -0.256. The molecule has 124 valence electrons. The van der Waals surface area contributed by atoms with Crippen molar-refractivity contribution in [3.05, 3.63) is 36.2 Å². The van der Waals surface area contributed by atoms with E-state index in [1.807, 2.05) is 37.3 Å². The third-order valence-electron chi connectivity index (χ3n) is 3.42. The molecule has 0 aliphatic heterocycles. The van der Waals surface area contributed by atoms with Crippen LogP contribution in [0.1, 0.15) is 25.7 Å². The molecule has 1 aromatic carbocycles. The number of aliphatic hydroxyl groups is 1. The molecule has 3 N–H and O–H groups in total. The second-order valence-corrected chi connectivity index (χ2v) is 5.13. The summed E-state index contributed by atoms with van der Waals surface area (Å²) < 4.78 is 5.57. The second-order valence-electron chi connectivity index (χ2n) is 5.13. The highest BCUT2D eigenvalue weighted by Gasteiger charge is 2.11. The molecule has 23 heavy (non-hydrogen) atoms. The molecule has 1 atom stereocenters. The Balaban J connectivity index is 1.76. The van der Waals surface area contributed by atoms with Crippen LogP contribution in [-0.2, 0) is 6.42 Å². The van der Waals surface area contributed by atoms with Crippen molar-refractivity contribution < 1.29 is 14.3 Å². The van der Waals surface area contributed by atoms with Gasteiger partial charge < -0.3 is 20.2 Å². The largest absolute Gasteiger partial charge is 0.421 e. The maximum atomic E-state index is 11.7. The highest BCUT2D eigenvalue weighted by atomic mass is 16.4. The quantitative estimate of drug-likeness (QED) is 0.688. The number of aliphatic hydroxyl groups excluding tert-OH is 1. The first kappa shape index (κ1) is 17.0. The molecule has 7 heteroatoms. The summed E-state index contributed by atoms with van der Waals surface area (Å²) in [5, 5.41) is 22.4. The Morgan fingerprint density at radius 3 is 2.78 bits per heavy atom. The van der Waals surface area contributed by atoms with Gasteiger partial charge in [-0.1, -0.05) is 25.1 Å². The summed E-state index contributed by atoms with van der Waals surface area (Å²) in [5.41, 5.74) is 0.867. The molecule has 0 aliphatic carbocycles. The number of hydrogen-bond donors (Lipinski definition) is 3. The van der Waals surface area contributed by atoms with Crippen molar-refractivity contribution in [1.82, 2.24) is 20.8 Å². The van der Waals surface area contributed by atoms with Crippen molar-refractivity contribution in [1.29, 1.82) is 0 Å². The molecule has 0 bridgehead atoms. The maximum Gasteiger partial charge on any atom is 0.315 e. The van der Waals surface area contributed by atoms with Gasteiger partial charge >= 0.3 is 6.03 Å². The lowest BCUT2D eigenvalue weighted by Crippen LogP contribution is -2.42. The number of carbonyl (C=O) groups is 1. The Kier molecular flexibility index (Phi) is 6.56. The predicted molar refractivity (Wildman–Crippen MR) is 85.8 cm³/mol. The van der Waals surface area contributed by atoms with E-state index in [1.54, 1.807) is 0 Å². The van der Waals surface area contributed by atoms with Crippen molar-refractivity contribution in [3.63, 3.8) is 0 Å². The van der Waals surface area contributed by atoms with Crippen molar-refractivity contribution in [2.24, 2.45) is 0 Å². The zero-order valence-corrected chi connectivity index (χ0v) is 13.2. The van der Waals surface area contributed by atoms with Gasteiger partial charge in [0.05, 0.1) is 0 Å². The van der Waals surface area contributed by atoms with Gasteiger partial charge in [0.15, 0.2) is 0 Å². The van der Waals surface area contributed by atoms with Crippen LogP contribution in [0.2, 0.25) is 0 Å². The SMILES string of the molecule is CCC(CCO)NC(=O)NCCc1nnc(-c2ccccc2)o1. The summed E-state index contributed by atoms with van der Waals surface area (Å²) in [6.45, 7) is 2.42. The molecule has 0 radical (unpaired) electrons. The molecular formula is C16H22N4O3. The fourth-order valence-corrected chi connectivity index (χ4v) is 2.11. The van der Waals surface area contributed by atoms with Crippen LogP contribution in [0.25, 0.3) is 11.5 Å². The molecule has 0 fully saturated rings. The summed E-state index contributed by atoms with van der Waals surface area (Å²) in [7, 11) is 0. The second kappa shape index (κ2) is 8.89. The summed E-state index contributed by atoms with van der Waals surface area (Å²) in [4.78, 5) is 11.7. The average molecular weight is 318 g/mol. The van der Waals surface area contributed by atoms with E-state index >= 15 is 0 Å². The highest BCUT2D eigenvalue weighted by Crippen LogP contribution is 2.16. The summed E-state index contributed by atoms with van der Waals surface area (Å²) in [5.74, 6) is 0.950. The Morgan fingerprint density at radius 2 is 2.09 bits per heavy atom. The minimum absolute atomic E-state index is 0.0203. The van der Waals surface area contributed by atoms with Crippen LogP contribution in [0.3, 0.4) is 0 Å². The van der Waals surface area contributed by atoms with E-state index < -0.39 is 0 Å². The Morgan fingerprint density at radius 1 is 1.30 bits per heavy atom. The van der Waals surface area contributed by atoms with Crippen LogP contribution in [0.15, 0.2) is 34.7 Å². The monoisotopic (exact) mass is 318 g/mol. The van der Waals surface area contributed by atoms with Gasteiger partial charge in [0.1, 0.15) is 0 Å². The number of amides is 2. The fourth-order valence-electron chi connectivity index (χ4n) is 2.11. The van der Waals surface area contributed by atoms with E-state index in [1.165, 1.54) is 0 Å². The zero-order chi connectivity index (χ0) is 16.5. The normalized spacial score (nSPS) is 11.9. The summed E-state index contributed by atoms with van der Waals surface area (Å²) >= 11 is 0. The minimum Gasteiger partial charge on any atom is -0.421 e. The molecule has 2 amide bonds. The van der Waals surface area contributed by atoms with E-state index in [2.05, 4.69) is 20.8 Å². The topological polar surface area (TPSA) is 100 Å². The number of hydrogen-bond acceptors (Lipinski definition) is 5. The Labute approximate surface area is 135 Å². The molecular weight excluding hydrogens is 296 g/mol. The number of aromatic nitrogens is 2. The number of urea groups is 1. The van der Waals surface area contributed by atoms with Crippen molar-refractivity contribution in [3.8, 4) is 11.5 Å². The van der Waals surface area contributed by atoms with E-state index in [9.17, 15) is 4.79 Å². The number of nitrogens with one attached hydrogen (secondary N) is 2. The van der Waals surface area contributed by atoms with Crippen molar-refractivity contribution in [2.75, 3.05) is 13.2 Å². The highest BCUT2D eigenvalue weighted by molar-refractivity contribution is 5.74. The molecule has 2 aromatic rings. The van der Waals surface area contributed by atoms with Gasteiger partial charge in [-0.05, 0) is 25.0 Å². The number of benzene rings is 1. The fraction of sp³-hybridized carbons (Fsp3) is 0.438. The van der Waals surface area contributed by atoms with Gasteiger partial charge in [0.25, 0.3) is 0 Å². The van der Waals surface area contributed by atoms with Gasteiger partial charge in [0.2, 0.25) is 11.8 Å². The lowest BCUT2D eigenvalue weighted by atomic mass is 10.2. The van der Waals surface area contributed by atoms with Gasteiger partial charge in [-0.3, -0.25) is 0 Å². The maximum absolute atomic E-state index is 11.7. The van der Waals surface area contributed by atoms with E-state index in [0.29, 0.717) is 31.2 Å². The number of rotatable bonds is 8. The predicted octanol–water partition coefficient (Wildman–Crippen LogP) is 1.74. The van der Waals surface area contributed by atoms with Crippen LogP contribution in [0.5, 0.6) is 0 Å². The van der Waals surface area contributed by atoms with Gasteiger partial charge in [0, 0.05) is 31.2 Å². The molecule has 1 unspecified atom stereocenters. The zero-order valence-electron chi connectivity index (χ0n) is 13.2. The number of nitrogens with zero attached hydrogens (tertiary/aromatic N) is 2. The lowest BCUT2D eigenvalue weighted by molar-refractivity contribution is 0.228. The molecule has 2 rings (SSSR count). The molecule has 1 heterocycles. The summed E-state index contributed by atoms with van der Waals surface area (Å²) in [6, 6.07) is 9.25. The lowest BCUT2D eigenvalue weighted by Gasteiger charge is -2.15. The first-order valence-electron chi connectivity index (χ1n) is 7.76. The van der Waals surface area contributed by atoms with Crippen molar-refractivity contribution >= 4 is 6.03 Å². The van der Waals surface area contributed by atoms with E-state index in [0.717, 1.165) is 12.0 Å². The molecule has 0 saturated heterocycles. The Bertz CT molecular complexity index is 600. The third-order valence-corrected chi connectivity index (χ3v) is 3.42.